The van der Waals surface area contributed by atoms with Gasteiger partial charge in [-0.15, -0.1) is 131 Å². The van der Waals surface area contributed by atoms with E-state index in [1.807, 2.05) is 218 Å². The summed E-state index contributed by atoms with van der Waals surface area (Å²) in [5, 5.41) is 0. The number of para-hydroxylation sites is 6. The number of benzene rings is 14. The summed E-state index contributed by atoms with van der Waals surface area (Å²) in [5.74, 6) is 5.14. The van der Waals surface area contributed by atoms with Gasteiger partial charge in [-0.05, 0) is 202 Å². The fraction of sp³-hybridized carbons (Fsp3) is 0.167. The minimum absolute atomic E-state index is 0. The van der Waals surface area contributed by atoms with E-state index in [1.165, 1.54) is 95.2 Å². The smallest absolute Gasteiger partial charge is 0.510 e. The summed E-state index contributed by atoms with van der Waals surface area (Å²) in [5.41, 5.74) is 29.1. The first kappa shape index (κ1) is 101. The molecule has 3 aliphatic rings. The molecule has 0 atom stereocenters. The topological polar surface area (TPSA) is 72.9 Å². The van der Waals surface area contributed by atoms with Crippen molar-refractivity contribution in [2.24, 2.45) is 0 Å². The number of imidazole rings is 3. The minimum Gasteiger partial charge on any atom is -0.510 e. The van der Waals surface area contributed by atoms with Crippen molar-refractivity contribution in [2.75, 3.05) is 38.6 Å². The van der Waals surface area contributed by atoms with Gasteiger partial charge in [0.05, 0.1) is 17.5 Å². The van der Waals surface area contributed by atoms with Gasteiger partial charge in [-0.2, -0.15) is 104 Å². The van der Waals surface area contributed by atoms with E-state index in [0.29, 0.717) is 35.5 Å². The zero-order valence-corrected chi connectivity index (χ0v) is 86.2. The molecule has 3 aliphatic heterocycles. The zero-order chi connectivity index (χ0) is 92.0. The van der Waals surface area contributed by atoms with Crippen molar-refractivity contribution >= 4 is 34.1 Å². The second kappa shape index (κ2) is 48.7. The van der Waals surface area contributed by atoms with Crippen LogP contribution in [0.3, 0.4) is 0 Å². The molecule has 0 spiro atoms. The maximum Gasteiger partial charge on any atom is 3.00 e. The molecule has 0 fully saturated rings. The maximum atomic E-state index is 4.68. The van der Waals surface area contributed by atoms with Gasteiger partial charge >= 0.3 is 60.3 Å². The number of fused-ring (bicyclic) bond motifs is 1. The Kier molecular flexibility index (Phi) is 36.4. The van der Waals surface area contributed by atoms with E-state index >= 15 is 0 Å². The number of anilines is 6. The summed E-state index contributed by atoms with van der Waals surface area (Å²) in [6, 6.07) is 132. The van der Waals surface area contributed by atoms with Crippen molar-refractivity contribution in [1.82, 2.24) is 33.6 Å². The first-order valence-electron chi connectivity index (χ1n) is 45.6. The summed E-state index contributed by atoms with van der Waals surface area (Å²) in [4.78, 5) is 26.5. The Labute approximate surface area is 842 Å². The Bertz CT molecular complexity index is 5980. The van der Waals surface area contributed by atoms with E-state index in [1.54, 1.807) is 0 Å². The molecule has 0 amide bonds. The molecule has 14 aromatic carbocycles. The Balaban J connectivity index is 0.000000149. The molecule has 15 heteroatoms. The van der Waals surface area contributed by atoms with Gasteiger partial charge in [-0.1, -0.05) is 204 Å². The summed E-state index contributed by atoms with van der Waals surface area (Å²) in [6.07, 6.45) is 19.9. The molecule has 20 rings (SSSR count). The van der Waals surface area contributed by atoms with Crippen LogP contribution in [0.4, 0.5) is 34.1 Å². The van der Waals surface area contributed by atoms with Crippen molar-refractivity contribution < 1.29 is 60.3 Å². The third-order valence-corrected chi connectivity index (χ3v) is 23.2. The molecule has 0 aliphatic carbocycles. The molecule has 0 unspecified atom stereocenters. The molecule has 135 heavy (non-hydrogen) atoms. The van der Waals surface area contributed by atoms with Crippen molar-refractivity contribution in [3.05, 3.63) is 479 Å². The van der Waals surface area contributed by atoms with Crippen LogP contribution in [-0.4, -0.2) is 47.6 Å². The number of nitrogens with zero attached hydrogens (tertiary/aromatic N) is 12. The van der Waals surface area contributed by atoms with Crippen LogP contribution in [0.15, 0.2) is 390 Å². The average Bonchev–Trinajstić information content (AvgIpc) is 1.75. The number of hydrogen-bond donors (Lipinski definition) is 0. The molecule has 0 saturated carbocycles. The largest absolute Gasteiger partial charge is 3.00 e. The van der Waals surface area contributed by atoms with Crippen LogP contribution < -0.4 is 24.5 Å². The monoisotopic (exact) mass is 2300 g/mol. The summed E-state index contributed by atoms with van der Waals surface area (Å²) >= 11 is 0. The van der Waals surface area contributed by atoms with E-state index in [0.717, 1.165) is 56.9 Å². The van der Waals surface area contributed by atoms with Crippen LogP contribution in [0.1, 0.15) is 152 Å². The van der Waals surface area contributed by atoms with Gasteiger partial charge < -0.3 is 43.1 Å². The number of rotatable bonds is 19. The SMILES string of the molecule is CC(C)c1cc(-c2ccccc2)cc(C(C)C)c1-n1ccnc1-c1[c-]cccc1.CC(C)c1cc(-c2ccccc2)cc(C(C)C)c1-n1ccnc1-c1[c-]cccc1.CC(C)c1cc(-c2ccccc2)cc(C(C)C)c1-n1ccnc1-c1[c-]cccc1.CN1C=CN(c2[c-]cccc2)[CH-]1.CN1[CH-]N(c2[c-]cccc2)c2ccccc21.[Ir+3].[Ir+3].[Ir+3].[c-]1ccccc1N1C=CN(c2ccccc2)[CH-]1. The van der Waals surface area contributed by atoms with Crippen LogP contribution in [-0.2, 0) is 60.3 Å². The van der Waals surface area contributed by atoms with Gasteiger partial charge in [0.1, 0.15) is 0 Å². The Morgan fingerprint density at radius 3 is 0.844 bits per heavy atom. The van der Waals surface area contributed by atoms with Gasteiger partial charge in [0.15, 0.2) is 0 Å². The van der Waals surface area contributed by atoms with E-state index < -0.39 is 0 Å². The van der Waals surface area contributed by atoms with Crippen LogP contribution >= 0.6 is 0 Å². The fourth-order valence-electron chi connectivity index (χ4n) is 16.5. The predicted octanol–water partition coefficient (Wildman–Crippen LogP) is 30.2. The van der Waals surface area contributed by atoms with E-state index in [4.69, 9.17) is 0 Å². The molecule has 6 heterocycles. The third kappa shape index (κ3) is 24.9. The molecule has 0 saturated heterocycles. The Morgan fingerprint density at radius 1 is 0.259 bits per heavy atom. The Hall–Kier alpha value is -13.1. The molecular weight excluding hydrogens is 2190 g/mol. The van der Waals surface area contributed by atoms with Crippen LogP contribution in [0.2, 0.25) is 0 Å². The van der Waals surface area contributed by atoms with Crippen molar-refractivity contribution in [3.63, 3.8) is 0 Å². The molecule has 0 bridgehead atoms. The Morgan fingerprint density at radius 2 is 0.541 bits per heavy atom. The summed E-state index contributed by atoms with van der Waals surface area (Å²) in [7, 11) is 4.06. The van der Waals surface area contributed by atoms with E-state index in [9.17, 15) is 0 Å². The molecule has 3 aromatic heterocycles. The molecule has 0 radical (unpaired) electrons. The average molecular weight is 2300 g/mol. The van der Waals surface area contributed by atoms with Crippen molar-refractivity contribution in [1.29, 1.82) is 0 Å². The molecular formula is C120H115Ir3N12. The van der Waals surface area contributed by atoms with Gasteiger partial charge in [0.25, 0.3) is 0 Å². The summed E-state index contributed by atoms with van der Waals surface area (Å²) < 4.78 is 6.72. The van der Waals surface area contributed by atoms with E-state index in [-0.39, 0.29) is 60.3 Å². The normalized spacial score (nSPS) is 12.2. The number of aromatic nitrogens is 6. The standard InChI is InChI=1S/3C27H27N2.C15H12N2.C14H12N2.C10H10N2.3Ir/c3*1-19(2)24-17-23(21-11-7-5-8-12-21)18-25(20(3)4)26(24)29-16-15-28-27(29)22-13-9-6-10-14-22;1-3-7-14(8-4-1)16-11-12-17(13-16)15-9-5-2-6-10-15;1-15-11-16(12-7-3-2-4-8-12)14-10-6-5-9-13(14)15;1-11-7-8-12(9-11)10-5-3-2-4-6-10;;;/h3*5-13,15-20H,1-4H3;1-9,11-13H;2-7,9-11H,1H3;2-5,7-9H,1H3;;;/q3*-1;3*-2;3*+3. The quantitative estimate of drug-likeness (QED) is 0.0736. The number of hydrogen-bond acceptors (Lipinski definition) is 9. The van der Waals surface area contributed by atoms with E-state index in [2.05, 4.69) is 383 Å². The van der Waals surface area contributed by atoms with Crippen LogP contribution in [0, 0.1) is 56.4 Å². The van der Waals surface area contributed by atoms with Gasteiger partial charge in [-0.3, -0.25) is 15.0 Å². The first-order valence-corrected chi connectivity index (χ1v) is 45.6. The maximum absolute atomic E-state index is 4.68. The van der Waals surface area contributed by atoms with Crippen molar-refractivity contribution in [3.8, 4) is 84.6 Å². The van der Waals surface area contributed by atoms with Crippen LogP contribution in [0.5, 0.6) is 0 Å². The minimum atomic E-state index is 0. The molecule has 0 N–H and O–H groups in total. The second-order valence-corrected chi connectivity index (χ2v) is 34.6. The van der Waals surface area contributed by atoms with Crippen LogP contribution in [0.25, 0.3) is 84.6 Å². The van der Waals surface area contributed by atoms with Crippen molar-refractivity contribution in [2.45, 2.75) is 119 Å². The second-order valence-electron chi connectivity index (χ2n) is 34.6. The molecule has 682 valence electrons. The zero-order valence-electron chi connectivity index (χ0n) is 79.0. The summed E-state index contributed by atoms with van der Waals surface area (Å²) in [6.45, 7) is 33.3. The third-order valence-electron chi connectivity index (χ3n) is 23.2. The fourth-order valence-corrected chi connectivity index (χ4v) is 16.5. The first-order chi connectivity index (χ1) is 64.3. The molecule has 12 nitrogen and oxygen atoms in total. The molecule has 17 aromatic rings. The van der Waals surface area contributed by atoms with Gasteiger partial charge in [0, 0.05) is 71.3 Å². The van der Waals surface area contributed by atoms with Gasteiger partial charge in [0.2, 0.25) is 0 Å². The predicted molar refractivity (Wildman–Crippen MR) is 550 cm³/mol. The van der Waals surface area contributed by atoms with Gasteiger partial charge in [-0.25, -0.2) is 0 Å².